The van der Waals surface area contributed by atoms with Crippen LogP contribution in [0.25, 0.3) is 16.9 Å². The van der Waals surface area contributed by atoms with Crippen molar-refractivity contribution in [1.82, 2.24) is 15.1 Å². The molecule has 178 valence electrons. The summed E-state index contributed by atoms with van der Waals surface area (Å²) in [4.78, 5) is 12.9. The molecule has 1 unspecified atom stereocenters. The van der Waals surface area contributed by atoms with E-state index in [2.05, 4.69) is 36.5 Å². The van der Waals surface area contributed by atoms with Crippen molar-refractivity contribution in [3.8, 4) is 28.4 Å². The van der Waals surface area contributed by atoms with Crippen LogP contribution < -0.4 is 14.8 Å². The van der Waals surface area contributed by atoms with Gasteiger partial charge in [0.1, 0.15) is 13.2 Å². The van der Waals surface area contributed by atoms with Gasteiger partial charge in [-0.15, -0.1) is 0 Å². The first-order valence-electron chi connectivity index (χ1n) is 12.0. The van der Waals surface area contributed by atoms with Crippen molar-refractivity contribution in [2.75, 3.05) is 13.2 Å². The molecule has 1 aliphatic rings. The number of carbonyl (C=O) groups excluding carboxylic acids is 1. The lowest BCUT2D eigenvalue weighted by Crippen LogP contribution is -2.27. The highest BCUT2D eigenvalue weighted by atomic mass is 16.6. The van der Waals surface area contributed by atoms with E-state index in [-0.39, 0.29) is 11.9 Å². The first-order chi connectivity index (χ1) is 17.1. The number of ether oxygens (including phenoxy) is 2. The molecule has 1 N–H and O–H groups in total. The molecule has 1 amide bonds. The zero-order valence-corrected chi connectivity index (χ0v) is 20.0. The maximum atomic E-state index is 12.9. The van der Waals surface area contributed by atoms with E-state index in [0.29, 0.717) is 26.1 Å². The molecule has 1 aromatic heterocycles. The maximum absolute atomic E-state index is 12.9. The lowest BCUT2D eigenvalue weighted by Gasteiger charge is -2.21. The molecule has 5 rings (SSSR count). The van der Waals surface area contributed by atoms with Crippen LogP contribution in [0.3, 0.4) is 0 Å². The van der Waals surface area contributed by atoms with Gasteiger partial charge in [-0.2, -0.15) is 5.10 Å². The number of benzene rings is 3. The number of hydrogen-bond acceptors (Lipinski definition) is 4. The van der Waals surface area contributed by atoms with Gasteiger partial charge in [-0.05, 0) is 55.7 Å². The molecule has 0 saturated heterocycles. The Kier molecular flexibility index (Phi) is 6.53. The van der Waals surface area contributed by atoms with Crippen LogP contribution in [-0.4, -0.2) is 28.9 Å². The van der Waals surface area contributed by atoms with Crippen molar-refractivity contribution >= 4 is 5.91 Å². The Morgan fingerprint density at radius 2 is 1.74 bits per heavy atom. The molecule has 1 aliphatic heterocycles. The van der Waals surface area contributed by atoms with E-state index < -0.39 is 0 Å². The fraction of sp³-hybridized carbons (Fsp3) is 0.241. The molecule has 0 fully saturated rings. The molecule has 0 spiro atoms. The number of rotatable bonds is 7. The van der Waals surface area contributed by atoms with Crippen LogP contribution in [0.2, 0.25) is 0 Å². The Morgan fingerprint density at radius 3 is 2.51 bits per heavy atom. The maximum Gasteiger partial charge on any atom is 0.220 e. The second kappa shape index (κ2) is 10.1. The van der Waals surface area contributed by atoms with Crippen molar-refractivity contribution < 1.29 is 14.3 Å². The highest BCUT2D eigenvalue weighted by Crippen LogP contribution is 2.32. The first-order valence-corrected chi connectivity index (χ1v) is 12.0. The number of amides is 1. The molecule has 0 bridgehead atoms. The minimum Gasteiger partial charge on any atom is -0.486 e. The molecular weight excluding hydrogens is 438 g/mol. The van der Waals surface area contributed by atoms with Crippen molar-refractivity contribution in [1.29, 1.82) is 0 Å². The van der Waals surface area contributed by atoms with Gasteiger partial charge in [-0.3, -0.25) is 4.79 Å². The quantitative estimate of drug-likeness (QED) is 0.394. The van der Waals surface area contributed by atoms with Crippen LogP contribution in [-0.2, 0) is 11.2 Å². The normalized spacial score (nSPS) is 13.3. The van der Waals surface area contributed by atoms with Crippen LogP contribution in [0.15, 0.2) is 79.0 Å². The van der Waals surface area contributed by atoms with Crippen LogP contribution >= 0.6 is 0 Å². The molecule has 0 aliphatic carbocycles. The smallest absolute Gasteiger partial charge is 0.220 e. The van der Waals surface area contributed by atoms with Gasteiger partial charge < -0.3 is 14.8 Å². The average Bonchev–Trinajstić information content (AvgIpc) is 3.32. The average molecular weight is 468 g/mol. The molecule has 4 aromatic rings. The first kappa shape index (κ1) is 22.7. The summed E-state index contributed by atoms with van der Waals surface area (Å²) in [6, 6.07) is 24.0. The molecule has 0 radical (unpaired) electrons. The van der Waals surface area contributed by atoms with Gasteiger partial charge in [-0.25, -0.2) is 4.68 Å². The zero-order valence-electron chi connectivity index (χ0n) is 20.0. The summed E-state index contributed by atoms with van der Waals surface area (Å²) in [7, 11) is 0. The summed E-state index contributed by atoms with van der Waals surface area (Å²) in [5.74, 6) is 1.47. The Morgan fingerprint density at radius 1 is 1.00 bits per heavy atom. The molecular formula is C29H29N3O3. The summed E-state index contributed by atoms with van der Waals surface area (Å²) in [6.07, 6.45) is 2.99. The van der Waals surface area contributed by atoms with E-state index >= 15 is 0 Å². The summed E-state index contributed by atoms with van der Waals surface area (Å²) in [6.45, 7) is 5.15. The molecule has 0 saturated carbocycles. The van der Waals surface area contributed by atoms with Crippen molar-refractivity contribution in [2.45, 2.75) is 32.7 Å². The third-order valence-electron chi connectivity index (χ3n) is 6.20. The number of para-hydroxylation sites is 1. The minimum absolute atomic E-state index is 0.00490. The third-order valence-corrected chi connectivity index (χ3v) is 6.20. The summed E-state index contributed by atoms with van der Waals surface area (Å²) >= 11 is 0. The standard InChI is InChI=1S/C29H29N3O3/c1-20-8-10-22(11-9-20)29-24(19-32(31-29)25-6-4-3-5-7-25)13-15-28(33)30-21(2)23-12-14-26-27(18-23)35-17-16-34-26/h3-12,14,18-19,21H,13,15-17H2,1-2H3,(H,30,33). The van der Waals surface area contributed by atoms with E-state index in [1.165, 1.54) is 5.56 Å². The van der Waals surface area contributed by atoms with Gasteiger partial charge in [0.05, 0.1) is 17.4 Å². The highest BCUT2D eigenvalue weighted by Gasteiger charge is 2.17. The van der Waals surface area contributed by atoms with Crippen LogP contribution in [0.5, 0.6) is 11.5 Å². The van der Waals surface area contributed by atoms with Gasteiger partial charge in [-0.1, -0.05) is 54.1 Å². The Bertz CT molecular complexity index is 1310. The Hall–Kier alpha value is -4.06. The number of aromatic nitrogens is 2. The predicted molar refractivity (Wildman–Crippen MR) is 136 cm³/mol. The van der Waals surface area contributed by atoms with E-state index in [9.17, 15) is 4.79 Å². The van der Waals surface area contributed by atoms with Gasteiger partial charge >= 0.3 is 0 Å². The van der Waals surface area contributed by atoms with Crippen molar-refractivity contribution in [3.05, 3.63) is 95.7 Å². The third kappa shape index (κ3) is 5.22. The van der Waals surface area contributed by atoms with E-state index in [0.717, 1.165) is 39.6 Å². The van der Waals surface area contributed by atoms with Crippen LogP contribution in [0.4, 0.5) is 0 Å². The van der Waals surface area contributed by atoms with Gasteiger partial charge in [0, 0.05) is 18.2 Å². The van der Waals surface area contributed by atoms with E-state index in [4.69, 9.17) is 14.6 Å². The number of fused-ring (bicyclic) bond motifs is 1. The Balaban J connectivity index is 1.30. The summed E-state index contributed by atoms with van der Waals surface area (Å²) in [5.41, 5.74) is 6.17. The topological polar surface area (TPSA) is 65.4 Å². The van der Waals surface area contributed by atoms with Gasteiger partial charge in [0.2, 0.25) is 5.91 Å². The lowest BCUT2D eigenvalue weighted by atomic mass is 10.0. The second-order valence-electron chi connectivity index (χ2n) is 8.84. The fourth-order valence-electron chi connectivity index (χ4n) is 4.23. The number of aryl methyl sites for hydroxylation is 2. The van der Waals surface area contributed by atoms with Gasteiger partial charge in [0.25, 0.3) is 0 Å². The largest absolute Gasteiger partial charge is 0.486 e. The molecule has 35 heavy (non-hydrogen) atoms. The molecule has 6 heteroatoms. The summed E-state index contributed by atoms with van der Waals surface area (Å²) < 4.78 is 13.2. The number of nitrogens with zero attached hydrogens (tertiary/aromatic N) is 2. The number of nitrogens with one attached hydrogen (secondary N) is 1. The number of carbonyl (C=O) groups is 1. The van der Waals surface area contributed by atoms with Crippen molar-refractivity contribution in [2.24, 2.45) is 0 Å². The van der Waals surface area contributed by atoms with Gasteiger partial charge in [0.15, 0.2) is 11.5 Å². The predicted octanol–water partition coefficient (Wildman–Crippen LogP) is 5.43. The lowest BCUT2D eigenvalue weighted by molar-refractivity contribution is -0.121. The Labute approximate surface area is 205 Å². The SMILES string of the molecule is Cc1ccc(-c2nn(-c3ccccc3)cc2CCC(=O)NC(C)c2ccc3c(c2)OCCO3)cc1. The minimum atomic E-state index is -0.137. The van der Waals surface area contributed by atoms with E-state index in [1.54, 1.807) is 0 Å². The van der Waals surface area contributed by atoms with Crippen LogP contribution in [0, 0.1) is 6.92 Å². The van der Waals surface area contributed by atoms with Crippen molar-refractivity contribution in [3.63, 3.8) is 0 Å². The number of hydrogen-bond donors (Lipinski definition) is 1. The second-order valence-corrected chi connectivity index (χ2v) is 8.84. The highest BCUT2D eigenvalue weighted by molar-refractivity contribution is 5.77. The molecule has 3 aromatic carbocycles. The summed E-state index contributed by atoms with van der Waals surface area (Å²) in [5, 5.41) is 7.98. The van der Waals surface area contributed by atoms with Crippen LogP contribution in [0.1, 0.15) is 36.1 Å². The zero-order chi connectivity index (χ0) is 24.2. The molecule has 2 heterocycles. The molecule has 6 nitrogen and oxygen atoms in total. The monoisotopic (exact) mass is 467 g/mol. The fourth-order valence-corrected chi connectivity index (χ4v) is 4.23. The van der Waals surface area contributed by atoms with E-state index in [1.807, 2.05) is 66.3 Å². The molecule has 1 atom stereocenters.